The van der Waals surface area contributed by atoms with Gasteiger partial charge >= 0.3 is 6.18 Å². The molecule has 0 saturated heterocycles. The summed E-state index contributed by atoms with van der Waals surface area (Å²) >= 11 is 5.84. The molecule has 3 N–H and O–H groups in total. The Balaban J connectivity index is 1.38. The van der Waals surface area contributed by atoms with Gasteiger partial charge in [-0.3, -0.25) is 4.79 Å². The molecule has 0 radical (unpaired) electrons. The summed E-state index contributed by atoms with van der Waals surface area (Å²) in [6, 6.07) is 20.0. The Morgan fingerprint density at radius 3 is 2.43 bits per heavy atom. The zero-order valence-electron chi connectivity index (χ0n) is 19.2. The van der Waals surface area contributed by atoms with Crippen molar-refractivity contribution in [2.45, 2.75) is 6.18 Å². The van der Waals surface area contributed by atoms with Crippen LogP contribution in [0.1, 0.15) is 21.5 Å². The van der Waals surface area contributed by atoms with Crippen LogP contribution in [0.2, 0.25) is 5.02 Å². The molecule has 0 atom stereocenters. The molecule has 4 aromatic rings. The van der Waals surface area contributed by atoms with E-state index in [-0.39, 0.29) is 22.9 Å². The zero-order valence-corrected chi connectivity index (χ0v) is 20.0. The van der Waals surface area contributed by atoms with E-state index < -0.39 is 17.6 Å². The van der Waals surface area contributed by atoms with E-state index in [4.69, 9.17) is 16.3 Å². The number of benzene rings is 4. The van der Waals surface area contributed by atoms with Gasteiger partial charge in [-0.1, -0.05) is 35.9 Å². The molecule has 0 heterocycles. The number of halogens is 4. The molecule has 0 spiro atoms. The van der Waals surface area contributed by atoms with Gasteiger partial charge in [-0.05, 0) is 60.0 Å². The van der Waals surface area contributed by atoms with Gasteiger partial charge in [0.2, 0.25) is 0 Å². The molecule has 0 aliphatic rings. The first-order valence-electron chi connectivity index (χ1n) is 11.1. The Bertz CT molecular complexity index is 1440. The third-order valence-electron chi connectivity index (χ3n) is 5.40. The number of hydrazone groups is 1. The topological polar surface area (TPSA) is 83.0 Å². The fraction of sp³-hybridized carbons (Fsp3) is 0.111. The average molecular weight is 528 g/mol. The van der Waals surface area contributed by atoms with Crippen molar-refractivity contribution in [1.82, 2.24) is 5.43 Å². The lowest BCUT2D eigenvalue weighted by Gasteiger charge is -2.13. The number of nitrogens with zero attached hydrogens (tertiary/aromatic N) is 1. The van der Waals surface area contributed by atoms with E-state index in [1.807, 2.05) is 24.3 Å². The van der Waals surface area contributed by atoms with Gasteiger partial charge in [0.25, 0.3) is 5.91 Å². The summed E-state index contributed by atoms with van der Waals surface area (Å²) in [5.41, 5.74) is 3.28. The second kappa shape index (κ2) is 11.2. The van der Waals surface area contributed by atoms with E-state index in [9.17, 15) is 23.1 Å². The number of hydrogen-bond acceptors (Lipinski definition) is 5. The number of phenols is 1. The quantitative estimate of drug-likeness (QED) is 0.139. The number of fused-ring (bicyclic) bond motifs is 1. The molecule has 37 heavy (non-hydrogen) atoms. The lowest BCUT2D eigenvalue weighted by Crippen LogP contribution is -2.17. The Kier molecular flexibility index (Phi) is 7.83. The number of phenolic OH excluding ortho intramolecular Hbond substituents is 1. The van der Waals surface area contributed by atoms with Gasteiger partial charge in [-0.2, -0.15) is 18.3 Å². The van der Waals surface area contributed by atoms with Crippen LogP contribution in [0.5, 0.6) is 11.5 Å². The number of anilines is 1. The van der Waals surface area contributed by atoms with Crippen molar-refractivity contribution in [2.24, 2.45) is 5.10 Å². The number of aromatic hydroxyl groups is 1. The normalized spacial score (nSPS) is 11.6. The number of carbonyl (C=O) groups excluding carboxylic acids is 1. The number of carbonyl (C=O) groups is 1. The number of nitrogens with one attached hydrogen (secondary N) is 2. The van der Waals surface area contributed by atoms with E-state index in [1.165, 1.54) is 36.5 Å². The second-order valence-electron chi connectivity index (χ2n) is 7.91. The minimum absolute atomic E-state index is 0.0628. The summed E-state index contributed by atoms with van der Waals surface area (Å²) in [5, 5.41) is 18.3. The third kappa shape index (κ3) is 6.50. The fourth-order valence-corrected chi connectivity index (χ4v) is 3.72. The average Bonchev–Trinajstić information content (AvgIpc) is 2.88. The SMILES string of the molecule is O=C(NN=Cc1ccc(OCCNc2ccc(C(F)(F)F)cc2)c2ccccc12)c1ccc(O)c(Cl)c1. The summed E-state index contributed by atoms with van der Waals surface area (Å²) in [6.45, 7) is 0.667. The van der Waals surface area contributed by atoms with E-state index in [0.29, 0.717) is 18.0 Å². The van der Waals surface area contributed by atoms with Gasteiger partial charge in [0.1, 0.15) is 18.1 Å². The van der Waals surface area contributed by atoms with Crippen molar-refractivity contribution in [3.05, 3.63) is 101 Å². The zero-order chi connectivity index (χ0) is 26.4. The van der Waals surface area contributed by atoms with E-state index in [2.05, 4.69) is 15.8 Å². The van der Waals surface area contributed by atoms with Crippen LogP contribution >= 0.6 is 11.6 Å². The van der Waals surface area contributed by atoms with E-state index >= 15 is 0 Å². The first-order valence-corrected chi connectivity index (χ1v) is 11.5. The maximum atomic E-state index is 12.7. The molecule has 0 fully saturated rings. The standard InChI is InChI=1S/C27H21ClF3N3O3/c28-23-15-17(5-11-24(23)35)26(36)34-33-16-18-6-12-25(22-4-2-1-3-21(18)22)37-14-13-32-20-9-7-19(8-10-20)27(29,30)31/h1-12,15-16,32,35H,13-14H2,(H,34,36). The van der Waals surface area contributed by atoms with Crippen LogP contribution in [0.3, 0.4) is 0 Å². The Hall–Kier alpha value is -4.24. The Labute approximate surface area is 215 Å². The van der Waals surface area contributed by atoms with Gasteiger partial charge in [0, 0.05) is 28.7 Å². The molecule has 4 rings (SSSR count). The number of rotatable bonds is 8. The molecule has 1 amide bonds. The van der Waals surface area contributed by atoms with Crippen LogP contribution in [0.4, 0.5) is 18.9 Å². The van der Waals surface area contributed by atoms with Crippen LogP contribution in [0, 0.1) is 0 Å². The van der Waals surface area contributed by atoms with Gasteiger partial charge in [-0.15, -0.1) is 0 Å². The summed E-state index contributed by atoms with van der Waals surface area (Å²) in [4.78, 5) is 12.3. The van der Waals surface area contributed by atoms with Crippen LogP contribution in [-0.4, -0.2) is 30.4 Å². The van der Waals surface area contributed by atoms with Gasteiger partial charge < -0.3 is 15.2 Å². The van der Waals surface area contributed by atoms with Crippen LogP contribution in [0.25, 0.3) is 10.8 Å². The number of amides is 1. The molecular formula is C27H21ClF3N3O3. The van der Waals surface area contributed by atoms with Crippen molar-refractivity contribution in [3.8, 4) is 11.5 Å². The molecule has 0 bridgehead atoms. The first kappa shape index (κ1) is 25.8. The molecule has 0 unspecified atom stereocenters. The monoisotopic (exact) mass is 527 g/mol. The van der Waals surface area contributed by atoms with Crippen LogP contribution in [-0.2, 0) is 6.18 Å². The van der Waals surface area contributed by atoms with Crippen LogP contribution < -0.4 is 15.5 Å². The largest absolute Gasteiger partial charge is 0.506 e. The van der Waals surface area contributed by atoms with E-state index in [1.54, 1.807) is 12.1 Å². The molecule has 0 saturated carbocycles. The van der Waals surface area contributed by atoms with Gasteiger partial charge in [0.05, 0.1) is 16.8 Å². The maximum Gasteiger partial charge on any atom is 0.416 e. The molecule has 0 aliphatic carbocycles. The maximum absolute atomic E-state index is 12.7. The predicted octanol–water partition coefficient (Wildman–Crippen LogP) is 6.47. The molecule has 6 nitrogen and oxygen atoms in total. The molecule has 4 aromatic carbocycles. The number of hydrogen-bond donors (Lipinski definition) is 3. The first-order chi connectivity index (χ1) is 17.7. The Morgan fingerprint density at radius 2 is 1.73 bits per heavy atom. The van der Waals surface area contributed by atoms with E-state index in [0.717, 1.165) is 28.5 Å². The predicted molar refractivity (Wildman–Crippen MR) is 138 cm³/mol. The highest BCUT2D eigenvalue weighted by molar-refractivity contribution is 6.32. The minimum Gasteiger partial charge on any atom is -0.506 e. The summed E-state index contributed by atoms with van der Waals surface area (Å²) in [7, 11) is 0. The highest BCUT2D eigenvalue weighted by Crippen LogP contribution is 2.30. The highest BCUT2D eigenvalue weighted by atomic mass is 35.5. The number of alkyl halides is 3. The van der Waals surface area contributed by atoms with Gasteiger partial charge in [0.15, 0.2) is 0 Å². The van der Waals surface area contributed by atoms with Crippen molar-refractivity contribution >= 4 is 40.2 Å². The van der Waals surface area contributed by atoms with Crippen molar-refractivity contribution in [3.63, 3.8) is 0 Å². The second-order valence-corrected chi connectivity index (χ2v) is 8.32. The Morgan fingerprint density at radius 1 is 1.00 bits per heavy atom. The molecular weight excluding hydrogens is 507 g/mol. The lowest BCUT2D eigenvalue weighted by atomic mass is 10.0. The van der Waals surface area contributed by atoms with Crippen molar-refractivity contribution in [2.75, 3.05) is 18.5 Å². The smallest absolute Gasteiger partial charge is 0.416 e. The van der Waals surface area contributed by atoms with Crippen molar-refractivity contribution in [1.29, 1.82) is 0 Å². The molecule has 0 aromatic heterocycles. The third-order valence-corrected chi connectivity index (χ3v) is 5.70. The summed E-state index contributed by atoms with van der Waals surface area (Å²) in [5.74, 6) is 0.0264. The fourth-order valence-electron chi connectivity index (χ4n) is 3.54. The van der Waals surface area contributed by atoms with Crippen molar-refractivity contribution < 1.29 is 27.8 Å². The molecule has 190 valence electrons. The summed E-state index contributed by atoms with van der Waals surface area (Å²) in [6.07, 6.45) is -2.86. The summed E-state index contributed by atoms with van der Waals surface area (Å²) < 4.78 is 44.0. The van der Waals surface area contributed by atoms with Gasteiger partial charge in [-0.25, -0.2) is 5.43 Å². The minimum atomic E-state index is -4.37. The van der Waals surface area contributed by atoms with Crippen LogP contribution in [0.15, 0.2) is 84.0 Å². The molecule has 0 aliphatic heterocycles. The molecule has 10 heteroatoms. The lowest BCUT2D eigenvalue weighted by molar-refractivity contribution is -0.137. The highest BCUT2D eigenvalue weighted by Gasteiger charge is 2.29. The number of ether oxygens (including phenoxy) is 1.